The summed E-state index contributed by atoms with van der Waals surface area (Å²) < 4.78 is 12.2. The summed E-state index contributed by atoms with van der Waals surface area (Å²) in [6.45, 7) is 0. The van der Waals surface area contributed by atoms with Crippen LogP contribution in [0, 0.1) is 11.9 Å². The van der Waals surface area contributed by atoms with Crippen LogP contribution in [0.15, 0.2) is 18.2 Å². The van der Waals surface area contributed by atoms with Crippen molar-refractivity contribution in [3.63, 3.8) is 0 Å². The van der Waals surface area contributed by atoms with Crippen molar-refractivity contribution in [2.24, 2.45) is 0 Å². The summed E-state index contributed by atoms with van der Waals surface area (Å²) in [5.74, 6) is -1.82. The number of hydrogen-bond acceptors (Lipinski definition) is 1. The lowest BCUT2D eigenvalue weighted by molar-refractivity contribution is 0.0696. The molecule has 3 heteroatoms. The third-order valence-electron chi connectivity index (χ3n) is 0.990. The van der Waals surface area contributed by atoms with Crippen LogP contribution in [0.1, 0.15) is 10.4 Å². The Bertz CT molecular complexity index is 258. The van der Waals surface area contributed by atoms with Gasteiger partial charge in [0.1, 0.15) is 5.82 Å². The Labute approximate surface area is 56.9 Å². The highest BCUT2D eigenvalue weighted by atomic mass is 19.1. The van der Waals surface area contributed by atoms with Gasteiger partial charge in [0.25, 0.3) is 0 Å². The van der Waals surface area contributed by atoms with E-state index in [9.17, 15) is 9.18 Å². The molecule has 0 unspecified atom stereocenters. The number of rotatable bonds is 1. The van der Waals surface area contributed by atoms with Crippen molar-refractivity contribution in [2.75, 3.05) is 0 Å². The minimum absolute atomic E-state index is 0.153. The van der Waals surface area contributed by atoms with Gasteiger partial charge in [-0.3, -0.25) is 0 Å². The summed E-state index contributed by atoms with van der Waals surface area (Å²) in [5, 5.41) is 8.31. The normalized spacial score (nSPS) is 9.30. The fourth-order valence-corrected chi connectivity index (χ4v) is 0.566. The van der Waals surface area contributed by atoms with Crippen LogP contribution in [0.5, 0.6) is 0 Å². The van der Waals surface area contributed by atoms with Gasteiger partial charge in [0.2, 0.25) is 0 Å². The Morgan fingerprint density at radius 1 is 1.60 bits per heavy atom. The Kier molecular flexibility index (Phi) is 1.67. The Balaban J connectivity index is 3.07. The molecule has 2 nitrogen and oxygen atoms in total. The maximum atomic E-state index is 12.2. The van der Waals surface area contributed by atoms with E-state index >= 15 is 0 Å². The molecule has 0 aromatic heterocycles. The van der Waals surface area contributed by atoms with Crippen LogP contribution in [-0.2, 0) is 0 Å². The highest BCUT2D eigenvalue weighted by molar-refractivity contribution is 5.87. The second-order valence-corrected chi connectivity index (χ2v) is 1.72. The first-order valence-corrected chi connectivity index (χ1v) is 2.61. The van der Waals surface area contributed by atoms with Gasteiger partial charge in [0, 0.05) is 6.07 Å². The van der Waals surface area contributed by atoms with Crippen LogP contribution < -0.4 is 0 Å². The van der Waals surface area contributed by atoms with Gasteiger partial charge in [-0.1, -0.05) is 6.07 Å². The van der Waals surface area contributed by atoms with Crippen molar-refractivity contribution in [2.45, 2.75) is 0 Å². The maximum Gasteiger partial charge on any atom is 0.336 e. The summed E-state index contributed by atoms with van der Waals surface area (Å²) in [7, 11) is 0. The molecule has 1 aromatic carbocycles. The summed E-state index contributed by atoms with van der Waals surface area (Å²) in [6.07, 6.45) is 0. The van der Waals surface area contributed by atoms with Gasteiger partial charge in [-0.15, -0.1) is 0 Å². The first-order chi connectivity index (χ1) is 4.70. The number of carbonyl (C=O) groups is 1. The first kappa shape index (κ1) is 6.74. The number of aromatic carboxylic acids is 1. The topological polar surface area (TPSA) is 37.3 Å². The molecular weight excluding hydrogens is 135 g/mol. The molecule has 0 heterocycles. The van der Waals surface area contributed by atoms with Crippen LogP contribution in [0.25, 0.3) is 0 Å². The highest BCUT2D eigenvalue weighted by Crippen LogP contribution is 2.00. The number of hydrogen-bond donors (Lipinski definition) is 1. The predicted molar refractivity (Wildman–Crippen MR) is 32.2 cm³/mol. The van der Waals surface area contributed by atoms with E-state index in [-0.39, 0.29) is 5.56 Å². The van der Waals surface area contributed by atoms with Crippen molar-refractivity contribution >= 4 is 5.97 Å². The number of carboxylic acids is 1. The SMILES string of the molecule is O=C(O)c1[c]c(F)ccc1. The van der Waals surface area contributed by atoms with Crippen LogP contribution in [0.4, 0.5) is 4.39 Å². The van der Waals surface area contributed by atoms with Crippen molar-refractivity contribution in [3.8, 4) is 0 Å². The van der Waals surface area contributed by atoms with Gasteiger partial charge in [-0.05, 0) is 12.1 Å². The van der Waals surface area contributed by atoms with Crippen LogP contribution in [-0.4, -0.2) is 11.1 Å². The molecule has 0 saturated carbocycles. The Morgan fingerprint density at radius 2 is 2.30 bits per heavy atom. The lowest BCUT2D eigenvalue weighted by Gasteiger charge is -1.90. The monoisotopic (exact) mass is 139 g/mol. The van der Waals surface area contributed by atoms with E-state index in [4.69, 9.17) is 5.11 Å². The molecule has 1 radical (unpaired) electrons. The molecular formula is C7H4FO2. The zero-order valence-electron chi connectivity index (χ0n) is 4.97. The second kappa shape index (κ2) is 2.47. The van der Waals surface area contributed by atoms with Gasteiger partial charge in [-0.2, -0.15) is 0 Å². The van der Waals surface area contributed by atoms with Crippen LogP contribution >= 0.6 is 0 Å². The fraction of sp³-hybridized carbons (Fsp3) is 0. The van der Waals surface area contributed by atoms with Crippen molar-refractivity contribution in [1.29, 1.82) is 0 Å². The van der Waals surface area contributed by atoms with Crippen molar-refractivity contribution in [3.05, 3.63) is 35.6 Å². The average molecular weight is 139 g/mol. The molecule has 0 fully saturated rings. The Hall–Kier alpha value is -1.38. The molecule has 0 amide bonds. The molecule has 10 heavy (non-hydrogen) atoms. The summed E-state index contributed by atoms with van der Waals surface area (Å²) in [4.78, 5) is 10.2. The van der Waals surface area contributed by atoms with Crippen LogP contribution in [0.3, 0.4) is 0 Å². The molecule has 1 N–H and O–H groups in total. The van der Waals surface area contributed by atoms with Gasteiger partial charge >= 0.3 is 5.97 Å². The number of halogens is 1. The third kappa shape index (κ3) is 1.31. The lowest BCUT2D eigenvalue weighted by Crippen LogP contribution is -1.96. The maximum absolute atomic E-state index is 12.2. The molecule has 1 rings (SSSR count). The Morgan fingerprint density at radius 3 is 2.70 bits per heavy atom. The number of carboxylic acid groups (broad SMARTS) is 1. The molecule has 0 spiro atoms. The van der Waals surface area contributed by atoms with E-state index in [0.717, 1.165) is 6.07 Å². The van der Waals surface area contributed by atoms with E-state index in [2.05, 4.69) is 0 Å². The zero-order chi connectivity index (χ0) is 7.56. The second-order valence-electron chi connectivity index (χ2n) is 1.72. The molecule has 0 atom stereocenters. The fourth-order valence-electron chi connectivity index (χ4n) is 0.566. The van der Waals surface area contributed by atoms with Gasteiger partial charge in [0.15, 0.2) is 0 Å². The molecule has 0 saturated heterocycles. The lowest BCUT2D eigenvalue weighted by atomic mass is 10.2. The quantitative estimate of drug-likeness (QED) is 0.637. The van der Waals surface area contributed by atoms with Crippen LogP contribution in [0.2, 0.25) is 0 Å². The third-order valence-corrected chi connectivity index (χ3v) is 0.990. The van der Waals surface area contributed by atoms with E-state index < -0.39 is 11.8 Å². The molecule has 51 valence electrons. The van der Waals surface area contributed by atoms with Gasteiger partial charge in [-0.25, -0.2) is 9.18 Å². The van der Waals surface area contributed by atoms with E-state index in [1.54, 1.807) is 0 Å². The smallest absolute Gasteiger partial charge is 0.336 e. The number of benzene rings is 1. The minimum Gasteiger partial charge on any atom is -0.478 e. The summed E-state index contributed by atoms with van der Waals surface area (Å²) >= 11 is 0. The first-order valence-electron chi connectivity index (χ1n) is 2.61. The van der Waals surface area contributed by atoms with Gasteiger partial charge < -0.3 is 5.11 Å². The summed E-state index contributed by atoms with van der Waals surface area (Å²) in [5.41, 5.74) is -0.153. The molecule has 0 aliphatic heterocycles. The largest absolute Gasteiger partial charge is 0.478 e. The standard InChI is InChI=1S/C7H4FO2/c8-6-3-1-2-5(4-6)7(9)10/h1-3H,(H,9,10). The average Bonchev–Trinajstić information content (AvgIpc) is 1.88. The van der Waals surface area contributed by atoms with Crippen molar-refractivity contribution in [1.82, 2.24) is 0 Å². The summed E-state index contributed by atoms with van der Waals surface area (Å²) in [6, 6.07) is 5.80. The predicted octanol–water partition coefficient (Wildman–Crippen LogP) is 1.32. The van der Waals surface area contributed by atoms with E-state index in [1.165, 1.54) is 12.1 Å². The van der Waals surface area contributed by atoms with Gasteiger partial charge in [0.05, 0.1) is 5.56 Å². The molecule has 0 bridgehead atoms. The molecule has 0 aliphatic rings. The molecule has 1 aromatic rings. The van der Waals surface area contributed by atoms with Crippen molar-refractivity contribution < 1.29 is 14.3 Å². The van der Waals surface area contributed by atoms with E-state index in [0.29, 0.717) is 0 Å². The molecule has 0 aliphatic carbocycles. The zero-order valence-corrected chi connectivity index (χ0v) is 4.97. The highest BCUT2D eigenvalue weighted by Gasteiger charge is 2.01. The van der Waals surface area contributed by atoms with E-state index in [1.807, 2.05) is 6.07 Å². The minimum atomic E-state index is -1.17.